The number of nitrogens with one attached hydrogen (secondary N) is 1. The van der Waals surface area contributed by atoms with Crippen LogP contribution in [0.2, 0.25) is 0 Å². The maximum atomic E-state index is 14.3. The van der Waals surface area contributed by atoms with Gasteiger partial charge in [-0.1, -0.05) is 12.1 Å². The number of nitrogens with zero attached hydrogens (tertiary/aromatic N) is 4. The van der Waals surface area contributed by atoms with E-state index in [9.17, 15) is 9.18 Å². The maximum Gasteiger partial charge on any atom is 0.227 e. The minimum Gasteiger partial charge on any atom is -0.489 e. The summed E-state index contributed by atoms with van der Waals surface area (Å²) in [6.45, 7) is 4.65. The van der Waals surface area contributed by atoms with E-state index in [0.29, 0.717) is 24.8 Å². The van der Waals surface area contributed by atoms with E-state index in [0.717, 1.165) is 12.0 Å². The van der Waals surface area contributed by atoms with Gasteiger partial charge >= 0.3 is 0 Å². The first kappa shape index (κ1) is 22.7. The third-order valence-electron chi connectivity index (χ3n) is 5.30. The Kier molecular flexibility index (Phi) is 7.27. The second kappa shape index (κ2) is 9.91. The number of aliphatic hydroxyl groups excluding tert-OH is 1. The number of carbonyl (C=O) groups excluding carboxylic acids is 1. The van der Waals surface area contributed by atoms with Crippen molar-refractivity contribution in [3.63, 3.8) is 0 Å². The lowest BCUT2D eigenvalue weighted by Gasteiger charge is -2.20. The number of hydrogen-bond donors (Lipinski definition) is 2. The molecular formula is C22H30FN5O3. The van der Waals surface area contributed by atoms with Crippen LogP contribution < -0.4 is 19.9 Å². The number of benzene rings is 1. The molecule has 0 spiro atoms. The molecule has 1 amide bonds. The number of ether oxygens (including phenoxy) is 1. The van der Waals surface area contributed by atoms with E-state index in [-0.39, 0.29) is 36.4 Å². The summed E-state index contributed by atoms with van der Waals surface area (Å²) in [6.07, 6.45) is 1.86. The maximum absolute atomic E-state index is 14.3. The van der Waals surface area contributed by atoms with Gasteiger partial charge in [0.05, 0.1) is 25.3 Å². The fourth-order valence-corrected chi connectivity index (χ4v) is 3.40. The Bertz CT molecular complexity index is 893. The summed E-state index contributed by atoms with van der Waals surface area (Å²) in [6, 6.07) is 7.13. The van der Waals surface area contributed by atoms with Crippen molar-refractivity contribution in [3.05, 3.63) is 41.8 Å². The predicted octanol–water partition coefficient (Wildman–Crippen LogP) is 1.94. The van der Waals surface area contributed by atoms with Crippen LogP contribution in [0.3, 0.4) is 0 Å². The van der Waals surface area contributed by atoms with Crippen molar-refractivity contribution in [2.24, 2.45) is 0 Å². The fraction of sp³-hybridized carbons (Fsp3) is 0.500. The van der Waals surface area contributed by atoms with Gasteiger partial charge in [-0.05, 0) is 31.5 Å². The average Bonchev–Trinajstić information content (AvgIpc) is 3.21. The largest absolute Gasteiger partial charge is 0.489 e. The number of aliphatic hydroxyl groups is 1. The van der Waals surface area contributed by atoms with E-state index >= 15 is 0 Å². The van der Waals surface area contributed by atoms with Crippen LogP contribution >= 0.6 is 0 Å². The van der Waals surface area contributed by atoms with Gasteiger partial charge in [0, 0.05) is 33.1 Å². The molecule has 0 aliphatic carbocycles. The van der Waals surface area contributed by atoms with Crippen molar-refractivity contribution in [1.82, 2.24) is 15.3 Å². The standard InChI is InChI=1S/C22H30FN5O3/c1-14(13-29)25-21(30)15(2)16-5-7-17(8-6-16)31-18-9-10-28(12-18)20-19(23)11-24-22(26-20)27(3)4/h5-8,11,14-15,18,29H,9-10,12-13H2,1-4H3,(H,25,30). The van der Waals surface area contributed by atoms with Crippen LogP contribution in [-0.2, 0) is 4.79 Å². The van der Waals surface area contributed by atoms with Gasteiger partial charge in [-0.25, -0.2) is 9.37 Å². The molecule has 3 rings (SSSR count). The van der Waals surface area contributed by atoms with Crippen molar-refractivity contribution >= 4 is 17.7 Å². The Morgan fingerprint density at radius 1 is 1.35 bits per heavy atom. The first-order valence-corrected chi connectivity index (χ1v) is 10.4. The minimum atomic E-state index is -0.446. The molecule has 0 radical (unpaired) electrons. The van der Waals surface area contributed by atoms with Crippen molar-refractivity contribution in [2.45, 2.75) is 38.3 Å². The van der Waals surface area contributed by atoms with Crippen LogP contribution in [0.5, 0.6) is 5.75 Å². The van der Waals surface area contributed by atoms with E-state index in [1.807, 2.05) is 50.2 Å². The van der Waals surface area contributed by atoms with Crippen LogP contribution in [0.1, 0.15) is 31.7 Å². The Morgan fingerprint density at radius 3 is 2.71 bits per heavy atom. The van der Waals surface area contributed by atoms with Crippen molar-refractivity contribution in [1.29, 1.82) is 0 Å². The van der Waals surface area contributed by atoms with Gasteiger partial charge in [-0.2, -0.15) is 4.98 Å². The van der Waals surface area contributed by atoms with Gasteiger partial charge in [-0.3, -0.25) is 4.79 Å². The summed E-state index contributed by atoms with van der Waals surface area (Å²) in [5.41, 5.74) is 0.863. The number of hydrogen-bond acceptors (Lipinski definition) is 7. The second-order valence-corrected chi connectivity index (χ2v) is 8.09. The first-order valence-electron chi connectivity index (χ1n) is 10.4. The number of rotatable bonds is 8. The molecule has 2 N–H and O–H groups in total. The molecule has 1 saturated heterocycles. The molecule has 1 aromatic heterocycles. The van der Waals surface area contributed by atoms with Gasteiger partial charge in [0.1, 0.15) is 11.9 Å². The summed E-state index contributed by atoms with van der Waals surface area (Å²) in [7, 11) is 3.63. The zero-order valence-electron chi connectivity index (χ0n) is 18.4. The second-order valence-electron chi connectivity index (χ2n) is 8.09. The summed E-state index contributed by atoms with van der Waals surface area (Å²) in [4.78, 5) is 24.2. The van der Waals surface area contributed by atoms with Gasteiger partial charge in [0.2, 0.25) is 11.9 Å². The lowest BCUT2D eigenvalue weighted by atomic mass is 10.00. The quantitative estimate of drug-likeness (QED) is 0.660. The zero-order chi connectivity index (χ0) is 22.5. The van der Waals surface area contributed by atoms with Crippen LogP contribution in [-0.4, -0.2) is 66.9 Å². The van der Waals surface area contributed by atoms with Crippen molar-refractivity contribution in [3.8, 4) is 5.75 Å². The third-order valence-corrected chi connectivity index (χ3v) is 5.30. The Morgan fingerprint density at radius 2 is 2.06 bits per heavy atom. The highest BCUT2D eigenvalue weighted by Crippen LogP contribution is 2.26. The molecule has 1 aliphatic heterocycles. The molecule has 0 bridgehead atoms. The molecule has 0 saturated carbocycles. The Labute approximate surface area is 182 Å². The normalized spacial score (nSPS) is 17.9. The number of amides is 1. The number of aromatic nitrogens is 2. The highest BCUT2D eigenvalue weighted by atomic mass is 19.1. The Hall–Kier alpha value is -2.94. The summed E-state index contributed by atoms with van der Waals surface area (Å²) in [5.74, 6) is 0.532. The molecule has 9 heteroatoms. The molecule has 1 aliphatic rings. The van der Waals surface area contributed by atoms with Crippen molar-refractivity contribution < 1.29 is 19.0 Å². The summed E-state index contributed by atoms with van der Waals surface area (Å²) >= 11 is 0. The number of carbonyl (C=O) groups is 1. The summed E-state index contributed by atoms with van der Waals surface area (Å²) < 4.78 is 20.3. The van der Waals surface area contributed by atoms with E-state index in [2.05, 4.69) is 15.3 Å². The minimum absolute atomic E-state index is 0.0888. The summed E-state index contributed by atoms with van der Waals surface area (Å²) in [5, 5.41) is 11.9. The van der Waals surface area contributed by atoms with E-state index in [1.54, 1.807) is 11.8 Å². The molecule has 2 aromatic rings. The smallest absolute Gasteiger partial charge is 0.227 e. The molecule has 31 heavy (non-hydrogen) atoms. The Balaban J connectivity index is 1.59. The van der Waals surface area contributed by atoms with Crippen LogP contribution in [0.25, 0.3) is 0 Å². The van der Waals surface area contributed by atoms with E-state index in [1.165, 1.54) is 6.20 Å². The highest BCUT2D eigenvalue weighted by Gasteiger charge is 2.28. The molecular weight excluding hydrogens is 401 g/mol. The molecule has 1 aromatic carbocycles. The van der Waals surface area contributed by atoms with Crippen molar-refractivity contribution in [2.75, 3.05) is 43.6 Å². The topological polar surface area (TPSA) is 90.8 Å². The zero-order valence-corrected chi connectivity index (χ0v) is 18.4. The lowest BCUT2D eigenvalue weighted by molar-refractivity contribution is -0.123. The fourth-order valence-electron chi connectivity index (χ4n) is 3.40. The molecule has 168 valence electrons. The molecule has 8 nitrogen and oxygen atoms in total. The molecule has 3 atom stereocenters. The average molecular weight is 432 g/mol. The predicted molar refractivity (Wildman–Crippen MR) is 117 cm³/mol. The van der Waals surface area contributed by atoms with Crippen LogP contribution in [0, 0.1) is 5.82 Å². The molecule has 3 unspecified atom stereocenters. The van der Waals surface area contributed by atoms with Crippen LogP contribution in [0.15, 0.2) is 30.5 Å². The van der Waals surface area contributed by atoms with Gasteiger partial charge in [-0.15, -0.1) is 0 Å². The SMILES string of the molecule is CC(CO)NC(=O)C(C)c1ccc(OC2CCN(c3nc(N(C)C)ncc3F)C2)cc1. The van der Waals surface area contributed by atoms with E-state index in [4.69, 9.17) is 9.84 Å². The lowest BCUT2D eigenvalue weighted by Crippen LogP contribution is -2.37. The van der Waals surface area contributed by atoms with E-state index < -0.39 is 5.82 Å². The highest BCUT2D eigenvalue weighted by molar-refractivity contribution is 5.83. The van der Waals surface area contributed by atoms with Gasteiger partial charge < -0.3 is 25.0 Å². The third kappa shape index (κ3) is 5.61. The number of anilines is 2. The molecule has 2 heterocycles. The first-order chi connectivity index (χ1) is 14.8. The number of halogens is 1. The van der Waals surface area contributed by atoms with Crippen LogP contribution in [0.4, 0.5) is 16.2 Å². The monoisotopic (exact) mass is 431 g/mol. The van der Waals surface area contributed by atoms with Gasteiger partial charge in [0.15, 0.2) is 11.6 Å². The molecule has 1 fully saturated rings. The van der Waals surface area contributed by atoms with Gasteiger partial charge in [0.25, 0.3) is 0 Å².